The number of hydrogen-bond donors (Lipinski definition) is 2. The number of aromatic nitrogens is 1. The first-order chi connectivity index (χ1) is 22.5. The number of carbonyl (C=O) groups excluding carboxylic acids is 2. The van der Waals surface area contributed by atoms with Crippen LogP contribution in [0.5, 0.6) is 23.0 Å². The normalized spacial score (nSPS) is 18.7. The summed E-state index contributed by atoms with van der Waals surface area (Å²) in [6, 6.07) is 14.0. The number of nitrogens with one attached hydrogen (secondary N) is 2. The van der Waals surface area contributed by atoms with Crippen LogP contribution < -0.4 is 29.6 Å². The van der Waals surface area contributed by atoms with Gasteiger partial charge in [-0.1, -0.05) is 12.1 Å². The number of aryl methyl sites for hydroxylation is 2. The molecule has 13 nitrogen and oxygen atoms in total. The van der Waals surface area contributed by atoms with Gasteiger partial charge in [-0.15, -0.1) is 0 Å². The van der Waals surface area contributed by atoms with Crippen LogP contribution in [-0.2, 0) is 21.4 Å². The van der Waals surface area contributed by atoms with Crippen LogP contribution in [0.25, 0.3) is 11.3 Å². The molecule has 3 aromatic carbocycles. The molecule has 0 aliphatic carbocycles. The molecule has 2 amide bonds. The predicted octanol–water partition coefficient (Wildman–Crippen LogP) is 3.23. The van der Waals surface area contributed by atoms with Gasteiger partial charge >= 0.3 is 0 Å². The van der Waals surface area contributed by atoms with E-state index >= 15 is 0 Å². The van der Waals surface area contributed by atoms with Gasteiger partial charge in [-0.05, 0) is 42.8 Å². The molecule has 0 saturated carbocycles. The maximum absolute atomic E-state index is 14.2. The van der Waals surface area contributed by atoms with Crippen molar-refractivity contribution in [3.63, 3.8) is 0 Å². The van der Waals surface area contributed by atoms with Gasteiger partial charge in [0.25, 0.3) is 11.8 Å². The molecule has 3 aliphatic heterocycles. The van der Waals surface area contributed by atoms with E-state index in [1.54, 1.807) is 62.5 Å². The molecule has 4 aromatic rings. The first kappa shape index (κ1) is 31.9. The first-order valence-electron chi connectivity index (χ1n) is 14.8. The number of benzene rings is 3. The zero-order chi connectivity index (χ0) is 33.3. The van der Waals surface area contributed by atoms with Crippen LogP contribution in [0.1, 0.15) is 27.4 Å². The van der Waals surface area contributed by atoms with Gasteiger partial charge in [0.1, 0.15) is 29.1 Å². The fourth-order valence-electron chi connectivity index (χ4n) is 5.53. The average Bonchev–Trinajstić information content (AvgIpc) is 3.68. The quantitative estimate of drug-likeness (QED) is 0.325. The van der Waals surface area contributed by atoms with E-state index in [9.17, 15) is 18.0 Å². The van der Waals surface area contributed by atoms with Crippen molar-refractivity contribution in [2.75, 3.05) is 33.9 Å². The molecule has 0 spiro atoms. The average molecular weight is 663 g/mol. The van der Waals surface area contributed by atoms with Crippen molar-refractivity contribution in [1.29, 1.82) is 0 Å². The lowest BCUT2D eigenvalue weighted by Gasteiger charge is -2.22. The molecule has 1 fully saturated rings. The first-order valence-corrected chi connectivity index (χ1v) is 16.2. The summed E-state index contributed by atoms with van der Waals surface area (Å²) in [5.41, 5.74) is 2.01. The molecule has 1 saturated heterocycles. The highest BCUT2D eigenvalue weighted by molar-refractivity contribution is 7.89. The number of hydrogen-bond acceptors (Lipinski definition) is 10. The summed E-state index contributed by atoms with van der Waals surface area (Å²) in [5.74, 6) is 1.48. The van der Waals surface area contributed by atoms with Crippen molar-refractivity contribution in [1.82, 2.24) is 19.9 Å². The number of oxazole rings is 1. The number of rotatable bonds is 5. The van der Waals surface area contributed by atoms with Crippen molar-refractivity contribution in [2.45, 2.75) is 37.4 Å². The number of fused-ring (bicyclic) bond motifs is 7. The molecule has 4 heterocycles. The highest BCUT2D eigenvalue weighted by atomic mass is 32.2. The summed E-state index contributed by atoms with van der Waals surface area (Å²) < 4.78 is 58.3. The number of nitrogens with zero attached hydrogens (tertiary/aromatic N) is 2. The summed E-state index contributed by atoms with van der Waals surface area (Å²) in [6.45, 7) is 3.18. The zero-order valence-electron chi connectivity index (χ0n) is 26.2. The molecule has 3 aliphatic rings. The summed E-state index contributed by atoms with van der Waals surface area (Å²) in [4.78, 5) is 30.4. The number of methoxy groups -OCH3 is 2. The van der Waals surface area contributed by atoms with Gasteiger partial charge in [-0.3, -0.25) is 9.59 Å². The van der Waals surface area contributed by atoms with Crippen LogP contribution in [0.15, 0.2) is 70.1 Å². The van der Waals surface area contributed by atoms with Gasteiger partial charge in [0.15, 0.2) is 18.3 Å². The standard InChI is InChI=1S/C33H34N4O9S/c1-19-5-6-21(29-15-34-20(2)45-29)11-31(19)47(40,41)37-16-27-30(17-37)46-24-8-7-22(28(13-24)43-4)14-35-32(38)18-44-26-10-23(33(39)36-27)9-25(12-26)42-3/h5-13,15,27,30H,14,16-18H2,1-4H3,(H,35,38)(H,36,39)/t27-,30-/m0/s1. The Morgan fingerprint density at radius 1 is 0.936 bits per heavy atom. The van der Waals surface area contributed by atoms with E-state index in [4.69, 9.17) is 23.4 Å². The zero-order valence-corrected chi connectivity index (χ0v) is 27.1. The molecule has 2 N–H and O–H groups in total. The van der Waals surface area contributed by atoms with Crippen molar-refractivity contribution < 1.29 is 41.4 Å². The van der Waals surface area contributed by atoms with E-state index in [0.29, 0.717) is 45.6 Å². The van der Waals surface area contributed by atoms with Crippen molar-refractivity contribution in [3.8, 4) is 34.3 Å². The van der Waals surface area contributed by atoms with Crippen LogP contribution >= 0.6 is 0 Å². The van der Waals surface area contributed by atoms with Crippen molar-refractivity contribution >= 4 is 21.8 Å². The second kappa shape index (κ2) is 13.0. The van der Waals surface area contributed by atoms with Crippen LogP contribution in [0.3, 0.4) is 0 Å². The molecule has 14 heteroatoms. The van der Waals surface area contributed by atoms with Crippen molar-refractivity contribution in [3.05, 3.63) is 83.4 Å². The van der Waals surface area contributed by atoms with Crippen LogP contribution in [0, 0.1) is 13.8 Å². The second-order valence-corrected chi connectivity index (χ2v) is 13.1. The second-order valence-electron chi connectivity index (χ2n) is 11.2. The van der Waals surface area contributed by atoms with Gasteiger partial charge in [0.2, 0.25) is 10.0 Å². The third kappa shape index (κ3) is 6.74. The summed E-state index contributed by atoms with van der Waals surface area (Å²) >= 11 is 0. The topological polar surface area (TPSA) is 159 Å². The SMILES string of the molecule is COc1cc2cc(c1)C(=O)N[C@H]1CN(S(=O)(=O)c3cc(-c4cnc(C)o4)ccc3C)C[C@@H]1Oc1ccc(c(OC)c1)CNC(=O)CO2. The fraction of sp³-hybridized carbons (Fsp3) is 0.303. The Morgan fingerprint density at radius 3 is 2.51 bits per heavy atom. The Labute approximate surface area is 271 Å². The van der Waals surface area contributed by atoms with E-state index < -0.39 is 28.1 Å². The van der Waals surface area contributed by atoms with Gasteiger partial charge in [-0.2, -0.15) is 4.31 Å². The maximum Gasteiger partial charge on any atom is 0.258 e. The molecule has 0 unspecified atom stereocenters. The smallest absolute Gasteiger partial charge is 0.258 e. The Bertz CT molecular complexity index is 1940. The van der Waals surface area contributed by atoms with E-state index in [2.05, 4.69) is 15.6 Å². The van der Waals surface area contributed by atoms with Gasteiger partial charge in [-0.25, -0.2) is 13.4 Å². The molecular weight excluding hydrogens is 628 g/mol. The Morgan fingerprint density at radius 2 is 1.77 bits per heavy atom. The minimum atomic E-state index is -4.06. The summed E-state index contributed by atoms with van der Waals surface area (Å²) in [7, 11) is -1.11. The van der Waals surface area contributed by atoms with Gasteiger partial charge in [0, 0.05) is 48.8 Å². The van der Waals surface area contributed by atoms with Gasteiger partial charge < -0.3 is 34.0 Å². The number of sulfonamides is 1. The lowest BCUT2D eigenvalue weighted by Crippen LogP contribution is -2.45. The molecule has 4 bridgehead atoms. The van der Waals surface area contributed by atoms with E-state index in [1.807, 2.05) is 0 Å². The van der Waals surface area contributed by atoms with Gasteiger partial charge in [0.05, 0.1) is 37.9 Å². The van der Waals surface area contributed by atoms with E-state index in [0.717, 1.165) is 0 Å². The number of ether oxygens (including phenoxy) is 4. The monoisotopic (exact) mass is 662 g/mol. The number of amides is 2. The fourth-order valence-corrected chi connectivity index (χ4v) is 7.26. The lowest BCUT2D eigenvalue weighted by molar-refractivity contribution is -0.123. The largest absolute Gasteiger partial charge is 0.497 e. The summed E-state index contributed by atoms with van der Waals surface area (Å²) in [5, 5.41) is 5.75. The molecule has 7 rings (SSSR count). The molecule has 2 atom stereocenters. The highest BCUT2D eigenvalue weighted by Gasteiger charge is 2.42. The Hall–Kier alpha value is -5.08. The van der Waals surface area contributed by atoms with Crippen LogP contribution in [0.4, 0.5) is 0 Å². The Kier molecular flexibility index (Phi) is 8.80. The number of carbonyl (C=O) groups is 2. The lowest BCUT2D eigenvalue weighted by atomic mass is 10.1. The molecular formula is C33H34N4O9S. The minimum Gasteiger partial charge on any atom is -0.497 e. The van der Waals surface area contributed by atoms with Crippen LogP contribution in [-0.4, -0.2) is 75.6 Å². The third-order valence-electron chi connectivity index (χ3n) is 8.03. The molecule has 246 valence electrons. The predicted molar refractivity (Wildman–Crippen MR) is 169 cm³/mol. The molecule has 47 heavy (non-hydrogen) atoms. The van der Waals surface area contributed by atoms with Crippen molar-refractivity contribution in [2.24, 2.45) is 0 Å². The Balaban J connectivity index is 1.36. The third-order valence-corrected chi connectivity index (χ3v) is 10.0. The van der Waals surface area contributed by atoms with Crippen LogP contribution in [0.2, 0.25) is 0 Å². The highest BCUT2D eigenvalue weighted by Crippen LogP contribution is 2.32. The van der Waals surface area contributed by atoms with E-state index in [-0.39, 0.29) is 48.4 Å². The minimum absolute atomic E-state index is 0.0506. The van der Waals surface area contributed by atoms with E-state index in [1.165, 1.54) is 30.7 Å². The molecule has 0 radical (unpaired) electrons. The molecule has 1 aromatic heterocycles. The maximum atomic E-state index is 14.2. The summed E-state index contributed by atoms with van der Waals surface area (Å²) in [6.07, 6.45) is 0.772.